The maximum Gasteiger partial charge on any atom is 0.362 e. The summed E-state index contributed by atoms with van der Waals surface area (Å²) in [7, 11) is 5.52. The summed E-state index contributed by atoms with van der Waals surface area (Å²) in [5, 5.41) is 9.65. The van der Waals surface area contributed by atoms with Gasteiger partial charge in [0.15, 0.2) is 12.1 Å². The molecule has 0 aromatic carbocycles. The molecule has 364 valence electrons. The van der Waals surface area contributed by atoms with Gasteiger partial charge in [0.1, 0.15) is 6.61 Å². The van der Waals surface area contributed by atoms with Gasteiger partial charge in [-0.1, -0.05) is 175 Å². The first-order chi connectivity index (χ1) is 31.1. The van der Waals surface area contributed by atoms with Crippen molar-refractivity contribution in [1.29, 1.82) is 0 Å². The Hall–Kier alpha value is -3.75. The average molecular weight is 893 g/mol. The third-order valence-electron chi connectivity index (χ3n) is 10.7. The Kier molecular flexibility index (Phi) is 43.1. The second kappa shape index (κ2) is 45.8. The van der Waals surface area contributed by atoms with Gasteiger partial charge in [-0.05, 0) is 89.9 Å². The van der Waals surface area contributed by atoms with Crippen LogP contribution in [0.1, 0.15) is 187 Å². The minimum atomic E-state index is -0.883. The Morgan fingerprint density at radius 3 is 1.23 bits per heavy atom. The van der Waals surface area contributed by atoms with Gasteiger partial charge in [0.25, 0.3) is 0 Å². The van der Waals surface area contributed by atoms with Crippen LogP contribution in [0.3, 0.4) is 0 Å². The molecule has 2 unspecified atom stereocenters. The van der Waals surface area contributed by atoms with E-state index in [1.807, 2.05) is 21.1 Å². The predicted molar refractivity (Wildman–Crippen MR) is 270 cm³/mol. The molecule has 64 heavy (non-hydrogen) atoms. The van der Waals surface area contributed by atoms with Crippen LogP contribution >= 0.6 is 0 Å². The number of aliphatic carboxylic acids is 1. The van der Waals surface area contributed by atoms with Crippen LogP contribution in [-0.2, 0) is 28.6 Å². The number of carboxylic acid groups (broad SMARTS) is 1. The largest absolute Gasteiger partial charge is 0.477 e. The smallest absolute Gasteiger partial charge is 0.362 e. The van der Waals surface area contributed by atoms with Gasteiger partial charge >= 0.3 is 17.9 Å². The van der Waals surface area contributed by atoms with Crippen molar-refractivity contribution in [2.24, 2.45) is 0 Å². The highest BCUT2D eigenvalue weighted by Gasteiger charge is 2.31. The number of likely N-dealkylation sites (N-methyl/N-ethyl adjacent to an activating group) is 1. The molecule has 8 heteroatoms. The maximum absolute atomic E-state index is 12.8. The zero-order valence-corrected chi connectivity index (χ0v) is 41.4. The van der Waals surface area contributed by atoms with Crippen LogP contribution in [0, 0.1) is 0 Å². The van der Waals surface area contributed by atoms with Gasteiger partial charge in [-0.25, -0.2) is 4.79 Å². The number of unbranched alkanes of at least 4 members (excludes halogenated alkanes) is 14. The fourth-order valence-electron chi connectivity index (χ4n) is 6.90. The molecule has 0 spiro atoms. The van der Waals surface area contributed by atoms with Crippen molar-refractivity contribution >= 4 is 17.9 Å². The van der Waals surface area contributed by atoms with E-state index in [0.29, 0.717) is 19.3 Å². The van der Waals surface area contributed by atoms with E-state index >= 15 is 0 Å². The first kappa shape index (κ1) is 60.2. The molecular formula is C56H94NO7+. The van der Waals surface area contributed by atoms with E-state index in [-0.39, 0.29) is 36.2 Å². The van der Waals surface area contributed by atoms with E-state index in [4.69, 9.17) is 14.2 Å². The third-order valence-corrected chi connectivity index (χ3v) is 10.7. The van der Waals surface area contributed by atoms with Crippen molar-refractivity contribution in [3.8, 4) is 0 Å². The van der Waals surface area contributed by atoms with Crippen molar-refractivity contribution in [2.75, 3.05) is 41.0 Å². The summed E-state index contributed by atoms with van der Waals surface area (Å²) in [5.41, 5.74) is 0. The van der Waals surface area contributed by atoms with Crippen LogP contribution in [-0.4, -0.2) is 80.6 Å². The molecule has 0 bridgehead atoms. The standard InChI is InChI=1S/C56H93NO7/c1-6-8-10-12-14-16-18-20-22-24-26-27-29-31-33-35-37-39-41-43-45-47-55(59)64-52(50-62-49-48-53(56(60)61)57(3,4)5)51-63-54(58)46-44-42-40-38-36-34-32-30-28-25-23-21-19-17-15-13-11-9-7-2/h8-11,14-17,20-23,28,30,34,36,52-53H,6-7,12-13,18-19,24-27,29,31-33,35,37-51H2,1-5H3/p+1/b10-8+,11-9+,16-14+,17-15+,22-20+,23-21+,30-28+,36-34+. The van der Waals surface area contributed by atoms with Crippen molar-refractivity contribution in [3.63, 3.8) is 0 Å². The summed E-state index contributed by atoms with van der Waals surface area (Å²) in [6.45, 7) is 4.47. The van der Waals surface area contributed by atoms with Crippen LogP contribution in [0.2, 0.25) is 0 Å². The highest BCUT2D eigenvalue weighted by molar-refractivity contribution is 5.72. The molecule has 0 aromatic rings. The molecule has 8 nitrogen and oxygen atoms in total. The molecule has 0 heterocycles. The van der Waals surface area contributed by atoms with Crippen LogP contribution in [0.15, 0.2) is 97.2 Å². The number of hydrogen-bond donors (Lipinski definition) is 1. The Morgan fingerprint density at radius 1 is 0.469 bits per heavy atom. The first-order valence-electron chi connectivity index (χ1n) is 25.3. The monoisotopic (exact) mass is 893 g/mol. The molecule has 0 saturated carbocycles. The molecule has 1 N–H and O–H groups in total. The molecule has 0 amide bonds. The van der Waals surface area contributed by atoms with Gasteiger partial charge < -0.3 is 23.8 Å². The summed E-state index contributed by atoms with van der Waals surface area (Å²) < 4.78 is 17.3. The Bertz CT molecular complexity index is 1360. The first-order valence-corrected chi connectivity index (χ1v) is 25.3. The summed E-state index contributed by atoms with van der Waals surface area (Å²) >= 11 is 0. The number of allylic oxidation sites excluding steroid dienone is 16. The number of hydrogen-bond acceptors (Lipinski definition) is 6. The molecule has 2 atom stereocenters. The molecule has 0 fully saturated rings. The van der Waals surface area contributed by atoms with Crippen molar-refractivity contribution in [2.45, 2.75) is 199 Å². The zero-order chi connectivity index (χ0) is 47.0. The molecular weight excluding hydrogens is 799 g/mol. The number of rotatable bonds is 44. The lowest BCUT2D eigenvalue weighted by Gasteiger charge is -2.31. The Balaban J connectivity index is 4.33. The molecule has 0 rings (SSSR count). The molecule has 0 aliphatic heterocycles. The Morgan fingerprint density at radius 2 is 0.828 bits per heavy atom. The lowest BCUT2D eigenvalue weighted by atomic mass is 10.0. The summed E-state index contributed by atoms with van der Waals surface area (Å²) in [5.74, 6) is -1.52. The minimum Gasteiger partial charge on any atom is -0.477 e. The minimum absolute atomic E-state index is 0.0439. The van der Waals surface area contributed by atoms with E-state index in [1.54, 1.807) is 0 Å². The van der Waals surface area contributed by atoms with Crippen molar-refractivity contribution in [1.82, 2.24) is 0 Å². The topological polar surface area (TPSA) is 99.1 Å². The molecule has 0 radical (unpaired) electrons. The molecule has 0 aliphatic carbocycles. The summed E-state index contributed by atoms with van der Waals surface area (Å²) in [6.07, 6.45) is 61.7. The second-order valence-corrected chi connectivity index (χ2v) is 17.7. The number of carboxylic acids is 1. The van der Waals surface area contributed by atoms with Gasteiger partial charge in [0, 0.05) is 19.3 Å². The van der Waals surface area contributed by atoms with E-state index in [1.165, 1.54) is 57.8 Å². The molecule has 0 aliphatic rings. The van der Waals surface area contributed by atoms with Crippen LogP contribution in [0.4, 0.5) is 0 Å². The quantitative estimate of drug-likeness (QED) is 0.0281. The number of carbonyl (C=O) groups is 3. The van der Waals surface area contributed by atoms with Gasteiger partial charge in [0.2, 0.25) is 0 Å². The number of ether oxygens (including phenoxy) is 3. The van der Waals surface area contributed by atoms with Gasteiger partial charge in [0.05, 0.1) is 34.4 Å². The van der Waals surface area contributed by atoms with E-state index in [0.717, 1.165) is 96.3 Å². The SMILES string of the molecule is CC/C=C/C/C=C/C/C=C/C/C=C/C/C=C/CCCCCC(=O)OCC(COCCC(C(=O)O)[N+](C)(C)C)OC(=O)CCCCCCCCCCCCC/C=C/C/C=C/C/C=C/CC. The van der Waals surface area contributed by atoms with Gasteiger partial charge in [-0.2, -0.15) is 0 Å². The maximum atomic E-state index is 12.8. The molecule has 0 aromatic heterocycles. The highest BCUT2D eigenvalue weighted by atomic mass is 16.6. The van der Waals surface area contributed by atoms with Crippen LogP contribution < -0.4 is 0 Å². The third kappa shape index (κ3) is 43.5. The number of nitrogens with zero attached hydrogens (tertiary/aromatic N) is 1. The normalized spacial score (nSPS) is 13.7. The van der Waals surface area contributed by atoms with Crippen molar-refractivity contribution < 1.29 is 38.2 Å². The van der Waals surface area contributed by atoms with E-state index in [9.17, 15) is 19.5 Å². The molecule has 0 saturated heterocycles. The van der Waals surface area contributed by atoms with E-state index < -0.39 is 18.1 Å². The summed E-state index contributed by atoms with van der Waals surface area (Å²) in [6, 6.07) is -0.626. The summed E-state index contributed by atoms with van der Waals surface area (Å²) in [4.78, 5) is 37.2. The lowest BCUT2D eigenvalue weighted by molar-refractivity contribution is -0.887. The fourth-order valence-corrected chi connectivity index (χ4v) is 6.90. The predicted octanol–water partition coefficient (Wildman–Crippen LogP) is 14.6. The van der Waals surface area contributed by atoms with Gasteiger partial charge in [-0.15, -0.1) is 0 Å². The average Bonchev–Trinajstić information content (AvgIpc) is 3.26. The zero-order valence-electron chi connectivity index (χ0n) is 41.4. The number of carbonyl (C=O) groups excluding carboxylic acids is 2. The number of esters is 2. The highest BCUT2D eigenvalue weighted by Crippen LogP contribution is 2.14. The van der Waals surface area contributed by atoms with E-state index in [2.05, 4.69) is 111 Å². The number of quaternary nitrogens is 1. The second-order valence-electron chi connectivity index (χ2n) is 17.7. The van der Waals surface area contributed by atoms with Crippen LogP contribution in [0.25, 0.3) is 0 Å². The fraction of sp³-hybridized carbons (Fsp3) is 0.661. The van der Waals surface area contributed by atoms with Gasteiger partial charge in [-0.3, -0.25) is 9.59 Å². The van der Waals surface area contributed by atoms with Crippen molar-refractivity contribution in [3.05, 3.63) is 97.2 Å². The lowest BCUT2D eigenvalue weighted by Crippen LogP contribution is -2.50. The van der Waals surface area contributed by atoms with Crippen LogP contribution in [0.5, 0.6) is 0 Å². The Labute approximate surface area is 392 Å².